The van der Waals surface area contributed by atoms with Crippen LogP contribution in [0.15, 0.2) is 48.7 Å². The first-order valence-electron chi connectivity index (χ1n) is 7.02. The van der Waals surface area contributed by atoms with Gasteiger partial charge in [-0.2, -0.15) is 0 Å². The van der Waals surface area contributed by atoms with Crippen LogP contribution in [0.4, 0.5) is 0 Å². The molecule has 0 aliphatic heterocycles. The summed E-state index contributed by atoms with van der Waals surface area (Å²) in [6.45, 7) is 2.78. The van der Waals surface area contributed by atoms with Crippen LogP contribution in [0.5, 0.6) is 0 Å². The number of aryl methyl sites for hydroxylation is 2. The van der Waals surface area contributed by atoms with Crippen molar-refractivity contribution in [3.63, 3.8) is 0 Å². The number of fused-ring (bicyclic) bond motifs is 1. The second-order valence-electron chi connectivity index (χ2n) is 5.05. The first-order chi connectivity index (χ1) is 9.79. The highest BCUT2D eigenvalue weighted by Crippen LogP contribution is 2.22. The van der Waals surface area contributed by atoms with Crippen molar-refractivity contribution in [1.82, 2.24) is 9.38 Å². The molecule has 2 heterocycles. The number of aromatic nitrogens is 2. The van der Waals surface area contributed by atoms with E-state index in [2.05, 4.69) is 58.9 Å². The SMILES string of the molecule is Cc1nc2ccc(-c3ccccc3)cn2c1CCCN. The van der Waals surface area contributed by atoms with E-state index in [1.165, 1.54) is 16.8 Å². The summed E-state index contributed by atoms with van der Waals surface area (Å²) in [7, 11) is 0. The second kappa shape index (κ2) is 5.47. The van der Waals surface area contributed by atoms with Gasteiger partial charge in [-0.05, 0) is 49.6 Å². The lowest BCUT2D eigenvalue weighted by molar-refractivity contribution is 0.796. The first-order valence-corrected chi connectivity index (χ1v) is 7.02. The summed E-state index contributed by atoms with van der Waals surface area (Å²) in [5, 5.41) is 0. The van der Waals surface area contributed by atoms with Gasteiger partial charge in [0.15, 0.2) is 0 Å². The molecule has 102 valence electrons. The average molecular weight is 265 g/mol. The third-order valence-corrected chi connectivity index (χ3v) is 3.64. The molecule has 3 aromatic rings. The zero-order chi connectivity index (χ0) is 13.9. The molecule has 0 atom stereocenters. The zero-order valence-corrected chi connectivity index (χ0v) is 11.7. The predicted molar refractivity (Wildman–Crippen MR) is 82.7 cm³/mol. The van der Waals surface area contributed by atoms with E-state index >= 15 is 0 Å². The molecular formula is C17H19N3. The zero-order valence-electron chi connectivity index (χ0n) is 11.7. The Morgan fingerprint density at radius 3 is 2.60 bits per heavy atom. The fourth-order valence-electron chi connectivity index (χ4n) is 2.58. The summed E-state index contributed by atoms with van der Waals surface area (Å²) in [6, 6.07) is 14.6. The Labute approximate surface area is 119 Å². The minimum absolute atomic E-state index is 0.713. The van der Waals surface area contributed by atoms with Gasteiger partial charge in [0.05, 0.1) is 5.69 Å². The monoisotopic (exact) mass is 265 g/mol. The van der Waals surface area contributed by atoms with E-state index in [-0.39, 0.29) is 0 Å². The lowest BCUT2D eigenvalue weighted by Gasteiger charge is -2.06. The second-order valence-corrected chi connectivity index (χ2v) is 5.05. The molecule has 2 N–H and O–H groups in total. The van der Waals surface area contributed by atoms with Crippen molar-refractivity contribution in [2.45, 2.75) is 19.8 Å². The first kappa shape index (κ1) is 12.9. The highest BCUT2D eigenvalue weighted by atomic mass is 15.0. The molecule has 0 fully saturated rings. The van der Waals surface area contributed by atoms with E-state index in [1.54, 1.807) is 0 Å². The molecule has 0 saturated heterocycles. The number of hydrogen-bond donors (Lipinski definition) is 1. The summed E-state index contributed by atoms with van der Waals surface area (Å²) < 4.78 is 2.20. The van der Waals surface area contributed by atoms with Crippen molar-refractivity contribution in [3.05, 3.63) is 60.0 Å². The maximum absolute atomic E-state index is 5.63. The smallest absolute Gasteiger partial charge is 0.137 e. The number of imidazole rings is 1. The van der Waals surface area contributed by atoms with Gasteiger partial charge in [0.1, 0.15) is 5.65 Å². The maximum atomic E-state index is 5.63. The van der Waals surface area contributed by atoms with Crippen LogP contribution in [0.2, 0.25) is 0 Å². The van der Waals surface area contributed by atoms with Gasteiger partial charge in [0, 0.05) is 11.9 Å². The molecule has 0 saturated carbocycles. The Balaban J connectivity index is 2.09. The van der Waals surface area contributed by atoms with Gasteiger partial charge in [-0.3, -0.25) is 0 Å². The molecule has 2 aromatic heterocycles. The van der Waals surface area contributed by atoms with Gasteiger partial charge in [-0.15, -0.1) is 0 Å². The molecule has 0 spiro atoms. The minimum atomic E-state index is 0.713. The summed E-state index contributed by atoms with van der Waals surface area (Å²) in [5.41, 5.74) is 11.4. The molecule has 0 amide bonds. The van der Waals surface area contributed by atoms with Gasteiger partial charge < -0.3 is 10.1 Å². The highest BCUT2D eigenvalue weighted by molar-refractivity contribution is 5.64. The summed E-state index contributed by atoms with van der Waals surface area (Å²) in [6.07, 6.45) is 4.14. The van der Waals surface area contributed by atoms with Crippen molar-refractivity contribution in [2.24, 2.45) is 5.73 Å². The number of benzene rings is 1. The third-order valence-electron chi connectivity index (χ3n) is 3.64. The molecular weight excluding hydrogens is 246 g/mol. The van der Waals surface area contributed by atoms with E-state index < -0.39 is 0 Å². The van der Waals surface area contributed by atoms with Crippen LogP contribution in [0.3, 0.4) is 0 Å². The van der Waals surface area contributed by atoms with Crippen molar-refractivity contribution in [1.29, 1.82) is 0 Å². The van der Waals surface area contributed by atoms with Crippen LogP contribution in [0.1, 0.15) is 17.8 Å². The van der Waals surface area contributed by atoms with Gasteiger partial charge in [0.25, 0.3) is 0 Å². The molecule has 3 rings (SSSR count). The van der Waals surface area contributed by atoms with Crippen LogP contribution < -0.4 is 5.73 Å². The molecule has 0 radical (unpaired) electrons. The quantitative estimate of drug-likeness (QED) is 0.787. The summed E-state index contributed by atoms with van der Waals surface area (Å²) in [4.78, 5) is 4.62. The lowest BCUT2D eigenvalue weighted by Crippen LogP contribution is -2.03. The predicted octanol–water partition coefficient (Wildman–Crippen LogP) is 3.20. The third kappa shape index (κ3) is 2.32. The summed E-state index contributed by atoms with van der Waals surface area (Å²) >= 11 is 0. The Morgan fingerprint density at radius 1 is 1.05 bits per heavy atom. The number of hydrogen-bond acceptors (Lipinski definition) is 2. The van der Waals surface area contributed by atoms with Crippen molar-refractivity contribution >= 4 is 5.65 Å². The number of pyridine rings is 1. The fourth-order valence-corrected chi connectivity index (χ4v) is 2.58. The lowest BCUT2D eigenvalue weighted by atomic mass is 10.1. The molecule has 0 aliphatic carbocycles. The maximum Gasteiger partial charge on any atom is 0.137 e. The molecule has 3 heteroatoms. The van der Waals surface area contributed by atoms with Gasteiger partial charge in [-0.1, -0.05) is 30.3 Å². The van der Waals surface area contributed by atoms with E-state index in [4.69, 9.17) is 5.73 Å². The minimum Gasteiger partial charge on any atom is -0.330 e. The van der Waals surface area contributed by atoms with Gasteiger partial charge in [-0.25, -0.2) is 4.98 Å². The summed E-state index contributed by atoms with van der Waals surface area (Å²) in [5.74, 6) is 0. The molecule has 0 bridgehead atoms. The standard InChI is InChI=1S/C17H19N3/c1-13-16(8-5-11-18)20-12-15(9-10-17(20)19-13)14-6-3-2-4-7-14/h2-4,6-7,9-10,12H,5,8,11,18H2,1H3. The number of nitrogens with two attached hydrogens (primary N) is 1. The molecule has 0 unspecified atom stereocenters. The molecule has 20 heavy (non-hydrogen) atoms. The van der Waals surface area contributed by atoms with Crippen LogP contribution in [0, 0.1) is 6.92 Å². The average Bonchev–Trinajstić information content (AvgIpc) is 2.80. The molecule has 0 aliphatic rings. The van der Waals surface area contributed by atoms with Crippen molar-refractivity contribution in [3.8, 4) is 11.1 Å². The van der Waals surface area contributed by atoms with E-state index in [0.717, 1.165) is 24.2 Å². The van der Waals surface area contributed by atoms with E-state index in [0.29, 0.717) is 6.54 Å². The normalized spacial score (nSPS) is 11.1. The van der Waals surface area contributed by atoms with E-state index in [9.17, 15) is 0 Å². The van der Waals surface area contributed by atoms with Crippen LogP contribution in [-0.2, 0) is 6.42 Å². The van der Waals surface area contributed by atoms with Gasteiger partial charge in [0.2, 0.25) is 0 Å². The van der Waals surface area contributed by atoms with Crippen LogP contribution in [-0.4, -0.2) is 15.9 Å². The van der Waals surface area contributed by atoms with Crippen molar-refractivity contribution in [2.75, 3.05) is 6.54 Å². The topological polar surface area (TPSA) is 43.3 Å². The fraction of sp³-hybridized carbons (Fsp3) is 0.235. The largest absolute Gasteiger partial charge is 0.330 e. The molecule has 1 aromatic carbocycles. The number of rotatable bonds is 4. The van der Waals surface area contributed by atoms with Crippen molar-refractivity contribution < 1.29 is 0 Å². The van der Waals surface area contributed by atoms with Crippen LogP contribution >= 0.6 is 0 Å². The number of nitrogens with zero attached hydrogens (tertiary/aromatic N) is 2. The van der Waals surface area contributed by atoms with E-state index in [1.807, 2.05) is 6.07 Å². The Hall–Kier alpha value is -2.13. The highest BCUT2D eigenvalue weighted by Gasteiger charge is 2.09. The molecule has 3 nitrogen and oxygen atoms in total. The Kier molecular flexibility index (Phi) is 3.52. The van der Waals surface area contributed by atoms with Gasteiger partial charge >= 0.3 is 0 Å². The Bertz CT molecular complexity index is 714. The van der Waals surface area contributed by atoms with Crippen LogP contribution in [0.25, 0.3) is 16.8 Å². The Morgan fingerprint density at radius 2 is 1.85 bits per heavy atom.